The quantitative estimate of drug-likeness (QED) is 0.680. The van der Waals surface area contributed by atoms with Gasteiger partial charge < -0.3 is 19.9 Å². The number of amides is 2. The van der Waals surface area contributed by atoms with Crippen molar-refractivity contribution in [1.29, 1.82) is 0 Å². The molecule has 1 aromatic heterocycles. The molecule has 4 rings (SSSR count). The summed E-state index contributed by atoms with van der Waals surface area (Å²) in [5, 5.41) is 12.6. The molecule has 2 atom stereocenters. The van der Waals surface area contributed by atoms with Crippen molar-refractivity contribution < 1.29 is 32.3 Å². The fourth-order valence-electron chi connectivity index (χ4n) is 4.49. The highest BCUT2D eigenvalue weighted by atomic mass is 19.3. The number of aryl methyl sites for hydroxylation is 1. The lowest BCUT2D eigenvalue weighted by Crippen LogP contribution is -2.47. The topological polar surface area (TPSA) is 91.6 Å². The number of nitrogens with one attached hydrogen (secondary N) is 1. The highest BCUT2D eigenvalue weighted by molar-refractivity contribution is 5.99. The van der Waals surface area contributed by atoms with Crippen molar-refractivity contribution in [3.63, 3.8) is 0 Å². The Kier molecular flexibility index (Phi) is 5.45. The van der Waals surface area contributed by atoms with Crippen LogP contribution in [0.1, 0.15) is 57.8 Å². The van der Waals surface area contributed by atoms with Crippen LogP contribution in [0.15, 0.2) is 23.1 Å². The molecule has 2 aliphatic heterocycles. The van der Waals surface area contributed by atoms with Crippen molar-refractivity contribution in [1.82, 2.24) is 14.8 Å². The van der Waals surface area contributed by atoms with Crippen LogP contribution >= 0.6 is 0 Å². The van der Waals surface area contributed by atoms with Gasteiger partial charge in [-0.05, 0) is 31.5 Å². The fourth-order valence-corrected chi connectivity index (χ4v) is 4.49. The van der Waals surface area contributed by atoms with E-state index in [1.165, 1.54) is 18.7 Å². The smallest absolute Gasteiger partial charge is 0.274 e. The second kappa shape index (κ2) is 7.89. The van der Waals surface area contributed by atoms with Gasteiger partial charge in [0, 0.05) is 43.7 Å². The minimum atomic E-state index is -3.11. The van der Waals surface area contributed by atoms with Crippen molar-refractivity contribution in [2.45, 2.75) is 51.2 Å². The van der Waals surface area contributed by atoms with Gasteiger partial charge in [0.2, 0.25) is 5.43 Å². The molecule has 0 spiro atoms. The number of carbonyl (C=O) groups is 2. The molecule has 2 aliphatic rings. The number of hydrogen-bond donors (Lipinski definition) is 2. The summed E-state index contributed by atoms with van der Waals surface area (Å²) in [6.45, 7) is 2.28. The van der Waals surface area contributed by atoms with Crippen LogP contribution in [-0.4, -0.2) is 44.9 Å². The maximum absolute atomic E-state index is 14.4. The molecule has 3 heterocycles. The number of alkyl halides is 2. The van der Waals surface area contributed by atoms with Crippen molar-refractivity contribution >= 4 is 11.8 Å². The summed E-state index contributed by atoms with van der Waals surface area (Å²) in [5.74, 6) is -7.79. The van der Waals surface area contributed by atoms with E-state index < -0.39 is 88.8 Å². The average molecular weight is 467 g/mol. The van der Waals surface area contributed by atoms with E-state index in [1.54, 1.807) is 0 Å². The Hall–Kier alpha value is -3.37. The van der Waals surface area contributed by atoms with E-state index in [-0.39, 0.29) is 6.54 Å². The predicted molar refractivity (Wildman–Crippen MR) is 108 cm³/mol. The van der Waals surface area contributed by atoms with Crippen molar-refractivity contribution in [2.24, 2.45) is 0 Å². The summed E-state index contributed by atoms with van der Waals surface area (Å²) in [5.41, 5.74) is -2.37. The number of fused-ring (bicyclic) bond motifs is 4. The van der Waals surface area contributed by atoms with Gasteiger partial charge in [0.15, 0.2) is 11.4 Å². The lowest BCUT2D eigenvalue weighted by Gasteiger charge is -2.36. The van der Waals surface area contributed by atoms with E-state index >= 15 is 0 Å². The van der Waals surface area contributed by atoms with Crippen LogP contribution in [0.4, 0.5) is 17.6 Å². The minimum Gasteiger partial charge on any atom is -0.503 e. The molecule has 2 aromatic rings. The molecule has 7 nitrogen and oxygen atoms in total. The van der Waals surface area contributed by atoms with Crippen molar-refractivity contribution in [3.05, 3.63) is 62.6 Å². The molecule has 0 aliphatic carbocycles. The Morgan fingerprint density at radius 3 is 2.48 bits per heavy atom. The van der Waals surface area contributed by atoms with Gasteiger partial charge in [-0.2, -0.15) is 0 Å². The first-order valence-electron chi connectivity index (χ1n) is 10.3. The molecule has 0 radical (unpaired) electrons. The van der Waals surface area contributed by atoms with Gasteiger partial charge in [0.05, 0.1) is 6.04 Å². The highest BCUT2D eigenvalue weighted by Crippen LogP contribution is 2.40. The molecule has 1 saturated heterocycles. The van der Waals surface area contributed by atoms with Crippen LogP contribution in [0.5, 0.6) is 5.75 Å². The zero-order valence-electron chi connectivity index (χ0n) is 17.8. The third-order valence-corrected chi connectivity index (χ3v) is 6.09. The monoisotopic (exact) mass is 467 g/mol. The number of aromatic nitrogens is 1. The number of benzene rings is 1. The molecule has 176 valence electrons. The third-order valence-electron chi connectivity index (χ3n) is 6.09. The highest BCUT2D eigenvalue weighted by Gasteiger charge is 2.47. The Bertz CT molecular complexity index is 1200. The first-order valence-corrected chi connectivity index (χ1v) is 10.3. The number of carbonyl (C=O) groups excluding carboxylic acids is 2. The molecule has 2 amide bonds. The van der Waals surface area contributed by atoms with Crippen LogP contribution in [0.2, 0.25) is 0 Å². The van der Waals surface area contributed by atoms with E-state index in [0.717, 1.165) is 22.9 Å². The summed E-state index contributed by atoms with van der Waals surface area (Å²) in [6, 6.07) is 0.356. The average Bonchev–Trinajstić information content (AvgIpc) is 2.80. The number of pyridine rings is 1. The number of halogens is 4. The Morgan fingerprint density at radius 1 is 1.21 bits per heavy atom. The third kappa shape index (κ3) is 3.96. The predicted octanol–water partition coefficient (Wildman–Crippen LogP) is 2.89. The van der Waals surface area contributed by atoms with Crippen LogP contribution in [0.25, 0.3) is 0 Å². The molecule has 1 aromatic carbocycles. The Labute approximate surface area is 185 Å². The Balaban J connectivity index is 1.71. The maximum atomic E-state index is 14.4. The summed E-state index contributed by atoms with van der Waals surface area (Å²) >= 11 is 0. The summed E-state index contributed by atoms with van der Waals surface area (Å²) in [6.07, 6.45) is -0.284. The normalized spacial score (nSPS) is 21.4. The molecule has 1 fully saturated rings. The lowest BCUT2D eigenvalue weighted by atomic mass is 10.0. The number of nitrogens with zero attached hydrogens (tertiary/aromatic N) is 2. The van der Waals surface area contributed by atoms with Gasteiger partial charge in [-0.1, -0.05) is 0 Å². The van der Waals surface area contributed by atoms with Gasteiger partial charge in [0.1, 0.15) is 17.2 Å². The van der Waals surface area contributed by atoms with Crippen LogP contribution in [0.3, 0.4) is 0 Å². The Morgan fingerprint density at radius 2 is 1.85 bits per heavy atom. The minimum absolute atomic E-state index is 0.0776. The second-order valence-electron chi connectivity index (χ2n) is 8.59. The van der Waals surface area contributed by atoms with E-state index in [1.807, 2.05) is 0 Å². The molecule has 0 saturated carbocycles. The zero-order valence-corrected chi connectivity index (χ0v) is 17.8. The largest absolute Gasteiger partial charge is 0.503 e. The van der Waals surface area contributed by atoms with Crippen LogP contribution in [-0.2, 0) is 6.54 Å². The summed E-state index contributed by atoms with van der Waals surface area (Å²) in [7, 11) is 0. The standard InChI is InChI=1S/C22H21F4N3O4/c1-10-3-15(23)13(16(24)4-10)7-27-20(32)14-9-29-12-6-22(25,26)5-11(2)28(8-12)21(33)17(29)19(31)18(14)30/h3-4,9,11-12,31H,5-8H2,1-2H3,(H,27,32)/t11-,12-/m0/s1. The SMILES string of the molecule is Cc1cc(F)c(CNC(=O)c2cn3c(c(O)c2=O)C(=O)N2C[C@@H]3CC(F)(F)C[C@@H]2C)c(F)c1. The molecule has 11 heteroatoms. The lowest BCUT2D eigenvalue weighted by molar-refractivity contribution is -0.0271. The molecule has 33 heavy (non-hydrogen) atoms. The van der Waals surface area contributed by atoms with Gasteiger partial charge in [0.25, 0.3) is 17.7 Å². The zero-order chi connectivity index (χ0) is 24.2. The first kappa shape index (κ1) is 22.8. The van der Waals surface area contributed by atoms with Crippen molar-refractivity contribution in [3.8, 4) is 5.75 Å². The molecule has 0 unspecified atom stereocenters. The van der Waals surface area contributed by atoms with Crippen molar-refractivity contribution in [2.75, 3.05) is 6.54 Å². The number of rotatable bonds is 3. The number of hydrogen-bond acceptors (Lipinski definition) is 4. The van der Waals surface area contributed by atoms with E-state index in [0.29, 0.717) is 5.56 Å². The number of aromatic hydroxyl groups is 1. The van der Waals surface area contributed by atoms with Gasteiger partial charge in [-0.3, -0.25) is 14.4 Å². The van der Waals surface area contributed by atoms with Gasteiger partial charge >= 0.3 is 0 Å². The summed E-state index contributed by atoms with van der Waals surface area (Å²) < 4.78 is 57.9. The van der Waals surface area contributed by atoms with Gasteiger partial charge in [-0.25, -0.2) is 17.6 Å². The first-order chi connectivity index (χ1) is 15.4. The maximum Gasteiger partial charge on any atom is 0.274 e. The van der Waals surface area contributed by atoms with Crippen LogP contribution < -0.4 is 10.7 Å². The molecular formula is C22H21F4N3O4. The van der Waals surface area contributed by atoms with Gasteiger partial charge in [-0.15, -0.1) is 0 Å². The second-order valence-corrected chi connectivity index (χ2v) is 8.59. The molecule has 2 bridgehead atoms. The van der Waals surface area contributed by atoms with E-state index in [9.17, 15) is 37.1 Å². The molecular weight excluding hydrogens is 446 g/mol. The van der Waals surface area contributed by atoms with E-state index in [2.05, 4.69) is 5.32 Å². The summed E-state index contributed by atoms with van der Waals surface area (Å²) in [4.78, 5) is 39.3. The van der Waals surface area contributed by atoms with E-state index in [4.69, 9.17) is 0 Å². The fraction of sp³-hybridized carbons (Fsp3) is 0.409. The van der Waals surface area contributed by atoms with Crippen LogP contribution in [0, 0.1) is 18.6 Å². The molecule has 2 N–H and O–H groups in total.